The Bertz CT molecular complexity index is 360. The molecule has 0 N–H and O–H groups in total. The highest BCUT2D eigenvalue weighted by Gasteiger charge is 2.09. The molecule has 0 spiro atoms. The molecule has 0 aromatic carbocycles. The number of halogens is 3. The molecule has 1 heterocycles. The summed E-state index contributed by atoms with van der Waals surface area (Å²) in [4.78, 5) is 4.07. The van der Waals surface area contributed by atoms with E-state index < -0.39 is 0 Å². The first-order chi connectivity index (χ1) is 6.22. The van der Waals surface area contributed by atoms with E-state index in [1.807, 2.05) is 28.7 Å². The number of hydrogen-bond donors (Lipinski definition) is 0. The van der Waals surface area contributed by atoms with Crippen LogP contribution >= 0.6 is 45.2 Å². The molecule has 13 heavy (non-hydrogen) atoms. The van der Waals surface area contributed by atoms with Crippen LogP contribution in [0.25, 0.3) is 0 Å². The highest BCUT2D eigenvalue weighted by atomic mass is 127. The van der Waals surface area contributed by atoms with Gasteiger partial charge < -0.3 is 0 Å². The van der Waals surface area contributed by atoms with Gasteiger partial charge in [-0.1, -0.05) is 45.2 Å². The van der Waals surface area contributed by atoms with Crippen LogP contribution in [0.4, 0.5) is 4.39 Å². The number of rotatable bonds is 2. The van der Waals surface area contributed by atoms with Crippen LogP contribution in [0.15, 0.2) is 6.07 Å². The lowest BCUT2D eigenvalue weighted by molar-refractivity contribution is 0.607. The summed E-state index contributed by atoms with van der Waals surface area (Å²) in [6.45, 7) is 0. The van der Waals surface area contributed by atoms with Gasteiger partial charge in [0.15, 0.2) is 0 Å². The smallest absolute Gasteiger partial charge is 0.146 e. The number of nitriles is 1. The van der Waals surface area contributed by atoms with Gasteiger partial charge in [0, 0.05) is 8.86 Å². The average molecular weight is 402 g/mol. The summed E-state index contributed by atoms with van der Waals surface area (Å²) in [5.41, 5.74) is 1.42. The third kappa shape index (κ3) is 2.49. The number of pyridine rings is 1. The Labute approximate surface area is 103 Å². The lowest BCUT2D eigenvalue weighted by Gasteiger charge is -2.02. The number of aromatic nitrogens is 1. The van der Waals surface area contributed by atoms with Gasteiger partial charge in [-0.3, -0.25) is 4.98 Å². The molecule has 0 unspecified atom stereocenters. The number of nitrogens with zero attached hydrogens (tertiary/aromatic N) is 2. The quantitative estimate of drug-likeness (QED) is 0.564. The molecule has 1 rings (SSSR count). The summed E-state index contributed by atoms with van der Waals surface area (Å²) in [6, 6.07) is 3.19. The highest BCUT2D eigenvalue weighted by Crippen LogP contribution is 2.16. The van der Waals surface area contributed by atoms with Crippen LogP contribution < -0.4 is 0 Å². The lowest BCUT2D eigenvalue weighted by Crippen LogP contribution is -1.99. The van der Waals surface area contributed by atoms with Crippen molar-refractivity contribution in [3.63, 3.8) is 0 Å². The predicted octanol–water partition coefficient (Wildman–Crippen LogP) is 2.96. The molecule has 0 radical (unpaired) electrons. The normalized spacial score (nSPS) is 9.69. The third-order valence-corrected chi connectivity index (χ3v) is 2.95. The van der Waals surface area contributed by atoms with Gasteiger partial charge in [-0.15, -0.1) is 0 Å². The van der Waals surface area contributed by atoms with E-state index in [9.17, 15) is 4.39 Å². The zero-order valence-electron chi connectivity index (χ0n) is 6.52. The fourth-order valence-electron chi connectivity index (χ4n) is 0.862. The molecule has 5 heteroatoms. The Kier molecular flexibility index (Phi) is 4.31. The molecule has 0 amide bonds. The van der Waals surface area contributed by atoms with Crippen molar-refractivity contribution >= 4 is 45.2 Å². The molecule has 0 atom stereocenters. The Morgan fingerprint density at radius 3 is 2.46 bits per heavy atom. The van der Waals surface area contributed by atoms with Gasteiger partial charge in [0.25, 0.3) is 0 Å². The zero-order chi connectivity index (χ0) is 9.84. The summed E-state index contributed by atoms with van der Waals surface area (Å²) >= 11 is 4.16. The molecule has 1 aromatic rings. The van der Waals surface area contributed by atoms with Crippen molar-refractivity contribution in [3.8, 4) is 6.07 Å². The number of alkyl halides is 2. The second-order valence-electron chi connectivity index (χ2n) is 2.29. The Morgan fingerprint density at radius 2 is 2.00 bits per heavy atom. The monoisotopic (exact) mass is 402 g/mol. The van der Waals surface area contributed by atoms with E-state index in [1.165, 1.54) is 6.07 Å². The van der Waals surface area contributed by atoms with Crippen LogP contribution in [0.5, 0.6) is 0 Å². The fourth-order valence-corrected chi connectivity index (χ4v) is 1.98. The van der Waals surface area contributed by atoms with E-state index >= 15 is 0 Å². The minimum absolute atomic E-state index is 0.334. The maximum absolute atomic E-state index is 13.1. The molecule has 0 saturated heterocycles. The summed E-state index contributed by atoms with van der Waals surface area (Å²) in [6.07, 6.45) is 0. The standard InChI is InChI=1S/C8H5FI2N2/c9-6-1-5(4-12)7(2-10)13-8(6)3-11/h1H,2-3H2. The van der Waals surface area contributed by atoms with Crippen molar-refractivity contribution in [1.82, 2.24) is 4.98 Å². The van der Waals surface area contributed by atoms with Crippen LogP contribution in [-0.4, -0.2) is 4.98 Å². The minimum atomic E-state index is -0.389. The number of hydrogen-bond acceptors (Lipinski definition) is 2. The molecular weight excluding hydrogens is 397 g/mol. The maximum Gasteiger partial charge on any atom is 0.146 e. The van der Waals surface area contributed by atoms with Crippen molar-refractivity contribution in [1.29, 1.82) is 5.26 Å². The van der Waals surface area contributed by atoms with Gasteiger partial charge in [-0.2, -0.15) is 5.26 Å². The fraction of sp³-hybridized carbons (Fsp3) is 0.250. The Balaban J connectivity index is 3.28. The van der Waals surface area contributed by atoms with E-state index in [4.69, 9.17) is 5.26 Å². The first kappa shape index (κ1) is 11.1. The second kappa shape index (κ2) is 5.05. The average Bonchev–Trinajstić information content (AvgIpc) is 2.17. The maximum atomic E-state index is 13.1. The topological polar surface area (TPSA) is 36.7 Å². The largest absolute Gasteiger partial charge is 0.252 e. The SMILES string of the molecule is N#Cc1cc(F)c(CI)nc1CI. The van der Waals surface area contributed by atoms with Crippen molar-refractivity contribution in [2.75, 3.05) is 0 Å². The van der Waals surface area contributed by atoms with Crippen LogP contribution in [0.1, 0.15) is 17.0 Å². The molecule has 0 saturated carbocycles. The molecule has 0 bridgehead atoms. The van der Waals surface area contributed by atoms with E-state index in [1.54, 1.807) is 0 Å². The molecular formula is C8H5FI2N2. The summed E-state index contributed by atoms with van der Waals surface area (Å²) in [7, 11) is 0. The summed E-state index contributed by atoms with van der Waals surface area (Å²) in [5.74, 6) is -0.389. The van der Waals surface area contributed by atoms with Crippen molar-refractivity contribution in [3.05, 3.63) is 28.8 Å². The molecule has 0 fully saturated rings. The Hall–Kier alpha value is 0.0300. The molecule has 2 nitrogen and oxygen atoms in total. The van der Waals surface area contributed by atoms with Crippen LogP contribution in [0.2, 0.25) is 0 Å². The molecule has 0 aliphatic carbocycles. The van der Waals surface area contributed by atoms with E-state index in [2.05, 4.69) is 27.6 Å². The summed E-state index contributed by atoms with van der Waals surface area (Å²) in [5, 5.41) is 8.68. The second-order valence-corrected chi connectivity index (χ2v) is 3.82. The zero-order valence-corrected chi connectivity index (χ0v) is 10.8. The third-order valence-electron chi connectivity index (χ3n) is 1.50. The predicted molar refractivity (Wildman–Crippen MR) is 64.4 cm³/mol. The van der Waals surface area contributed by atoms with Crippen LogP contribution in [0, 0.1) is 17.1 Å². The van der Waals surface area contributed by atoms with Crippen LogP contribution in [-0.2, 0) is 8.86 Å². The van der Waals surface area contributed by atoms with Gasteiger partial charge in [0.1, 0.15) is 11.9 Å². The van der Waals surface area contributed by atoms with Gasteiger partial charge in [-0.05, 0) is 6.07 Å². The minimum Gasteiger partial charge on any atom is -0.252 e. The van der Waals surface area contributed by atoms with Gasteiger partial charge >= 0.3 is 0 Å². The Morgan fingerprint density at radius 1 is 1.38 bits per heavy atom. The first-order valence-corrected chi connectivity index (χ1v) is 6.48. The molecule has 0 aliphatic rings. The lowest BCUT2D eigenvalue weighted by atomic mass is 10.2. The van der Waals surface area contributed by atoms with Crippen molar-refractivity contribution in [2.45, 2.75) is 8.86 Å². The van der Waals surface area contributed by atoms with Gasteiger partial charge in [-0.25, -0.2) is 4.39 Å². The van der Waals surface area contributed by atoms with Gasteiger partial charge in [0.05, 0.1) is 17.0 Å². The van der Waals surface area contributed by atoms with E-state index in [-0.39, 0.29) is 5.82 Å². The molecule has 1 aromatic heterocycles. The first-order valence-electron chi connectivity index (χ1n) is 3.43. The van der Waals surface area contributed by atoms with E-state index in [0.717, 1.165) is 0 Å². The van der Waals surface area contributed by atoms with Gasteiger partial charge in [0.2, 0.25) is 0 Å². The molecule has 0 aliphatic heterocycles. The van der Waals surface area contributed by atoms with Crippen molar-refractivity contribution in [2.24, 2.45) is 0 Å². The highest BCUT2D eigenvalue weighted by molar-refractivity contribution is 14.1. The summed E-state index contributed by atoms with van der Waals surface area (Å²) < 4.78 is 14.3. The van der Waals surface area contributed by atoms with Crippen molar-refractivity contribution < 1.29 is 4.39 Å². The van der Waals surface area contributed by atoms with E-state index in [0.29, 0.717) is 25.8 Å². The van der Waals surface area contributed by atoms with Crippen LogP contribution in [0.3, 0.4) is 0 Å². The molecule has 68 valence electrons.